The van der Waals surface area contributed by atoms with E-state index in [0.717, 1.165) is 49.8 Å². The van der Waals surface area contributed by atoms with E-state index in [9.17, 15) is 15.0 Å². The quantitative estimate of drug-likeness (QED) is 0.274. The molecule has 27 heavy (non-hydrogen) atoms. The van der Waals surface area contributed by atoms with Crippen molar-refractivity contribution in [2.45, 2.75) is 75.9 Å². The number of rotatable bonds is 11. The molecule has 152 valence electrons. The normalized spacial score (nSPS) is 26.7. The first kappa shape index (κ1) is 22.4. The number of carbonyl (C=O) groups is 1. The Morgan fingerprint density at radius 3 is 2.81 bits per heavy atom. The van der Waals surface area contributed by atoms with Crippen molar-refractivity contribution in [3.63, 3.8) is 0 Å². The molecule has 0 aromatic carbocycles. The topological polar surface area (TPSA) is 77.8 Å². The highest BCUT2D eigenvalue weighted by Crippen LogP contribution is 2.40. The van der Waals surface area contributed by atoms with Crippen molar-refractivity contribution in [1.82, 2.24) is 0 Å². The number of carboxylic acids is 1. The third kappa shape index (κ3) is 6.90. The fraction of sp³-hybridized carbons (Fsp3) is 0.667. The van der Waals surface area contributed by atoms with Gasteiger partial charge in [0.1, 0.15) is 4.88 Å². The van der Waals surface area contributed by atoms with E-state index in [-0.39, 0.29) is 17.2 Å². The molecule has 0 bridgehead atoms. The first-order valence-corrected chi connectivity index (χ1v) is 11.2. The second kappa shape index (κ2) is 11.2. The maximum Gasteiger partial charge on any atom is 0.345 e. The van der Waals surface area contributed by atoms with Gasteiger partial charge in [0, 0.05) is 16.2 Å². The van der Waals surface area contributed by atoms with E-state index in [2.05, 4.69) is 6.92 Å². The van der Waals surface area contributed by atoms with Crippen LogP contribution in [-0.4, -0.2) is 38.9 Å². The van der Waals surface area contributed by atoms with Crippen LogP contribution in [0, 0.1) is 11.8 Å². The van der Waals surface area contributed by atoms with Crippen molar-refractivity contribution in [3.8, 4) is 0 Å². The molecular weight excluding hydrogens is 384 g/mol. The van der Waals surface area contributed by atoms with Gasteiger partial charge in [0.25, 0.3) is 0 Å². The van der Waals surface area contributed by atoms with Crippen LogP contribution in [0.2, 0.25) is 0 Å². The molecule has 1 aliphatic rings. The van der Waals surface area contributed by atoms with Crippen LogP contribution in [-0.2, 0) is 6.42 Å². The third-order valence-corrected chi connectivity index (χ3v) is 7.00. The SMILES string of the molecule is CCCCCC(O)/C=C/[C@@H]1[C@@H](CCCc2ccc(C(=O)O)s2)[C@H](Cl)C[C@H]1O. The summed E-state index contributed by atoms with van der Waals surface area (Å²) in [6.45, 7) is 2.14. The van der Waals surface area contributed by atoms with E-state index in [1.807, 2.05) is 18.2 Å². The summed E-state index contributed by atoms with van der Waals surface area (Å²) in [5, 5.41) is 29.4. The molecule has 0 saturated heterocycles. The summed E-state index contributed by atoms with van der Waals surface area (Å²) >= 11 is 7.80. The number of carboxylic acid groups (broad SMARTS) is 1. The van der Waals surface area contributed by atoms with Crippen LogP contribution in [0.5, 0.6) is 0 Å². The molecule has 1 fully saturated rings. The lowest BCUT2D eigenvalue weighted by molar-refractivity contribution is 0.0702. The van der Waals surface area contributed by atoms with Gasteiger partial charge in [0.15, 0.2) is 0 Å². The first-order valence-electron chi connectivity index (χ1n) is 9.92. The molecule has 4 nitrogen and oxygen atoms in total. The van der Waals surface area contributed by atoms with Crippen LogP contribution in [0.15, 0.2) is 24.3 Å². The maximum absolute atomic E-state index is 11.0. The van der Waals surface area contributed by atoms with Crippen LogP contribution < -0.4 is 0 Å². The number of aliphatic hydroxyl groups is 2. The summed E-state index contributed by atoms with van der Waals surface area (Å²) in [5.74, 6) is -0.723. The van der Waals surface area contributed by atoms with Gasteiger partial charge in [-0.05, 0) is 50.2 Å². The van der Waals surface area contributed by atoms with Gasteiger partial charge in [-0.15, -0.1) is 22.9 Å². The summed E-state index contributed by atoms with van der Waals surface area (Å²) < 4.78 is 0. The van der Waals surface area contributed by atoms with Crippen molar-refractivity contribution in [3.05, 3.63) is 34.0 Å². The minimum absolute atomic E-state index is 0.0220. The van der Waals surface area contributed by atoms with E-state index < -0.39 is 18.2 Å². The van der Waals surface area contributed by atoms with E-state index in [1.54, 1.807) is 6.07 Å². The van der Waals surface area contributed by atoms with E-state index in [0.29, 0.717) is 11.3 Å². The second-order valence-electron chi connectivity index (χ2n) is 7.47. The highest BCUT2D eigenvalue weighted by molar-refractivity contribution is 7.13. The van der Waals surface area contributed by atoms with Gasteiger partial charge in [-0.25, -0.2) is 4.79 Å². The number of aliphatic hydroxyl groups excluding tert-OH is 2. The zero-order valence-corrected chi connectivity index (χ0v) is 17.5. The van der Waals surface area contributed by atoms with Crippen molar-refractivity contribution in [2.24, 2.45) is 11.8 Å². The van der Waals surface area contributed by atoms with Gasteiger partial charge >= 0.3 is 5.97 Å². The Labute approximate surface area is 170 Å². The van der Waals surface area contributed by atoms with Crippen LogP contribution >= 0.6 is 22.9 Å². The minimum Gasteiger partial charge on any atom is -0.477 e. The van der Waals surface area contributed by atoms with Crippen molar-refractivity contribution in [2.75, 3.05) is 0 Å². The lowest BCUT2D eigenvalue weighted by Gasteiger charge is -2.21. The molecule has 1 aliphatic carbocycles. The zero-order valence-electron chi connectivity index (χ0n) is 15.9. The molecule has 0 radical (unpaired) electrons. The van der Waals surface area contributed by atoms with Gasteiger partial charge in [-0.2, -0.15) is 0 Å². The third-order valence-electron chi connectivity index (χ3n) is 5.36. The number of hydrogen-bond donors (Lipinski definition) is 3. The Kier molecular flexibility index (Phi) is 9.30. The Hall–Kier alpha value is -0.880. The summed E-state index contributed by atoms with van der Waals surface area (Å²) in [6.07, 6.45) is 10.1. The number of aromatic carboxylic acids is 1. The molecule has 2 rings (SSSR count). The Morgan fingerprint density at radius 2 is 2.15 bits per heavy atom. The van der Waals surface area contributed by atoms with Gasteiger partial charge in [-0.3, -0.25) is 0 Å². The first-order chi connectivity index (χ1) is 12.9. The standard InChI is InChI=1S/C21H31ClO4S/c1-2-3-4-6-14(23)9-11-17-16(18(22)13-19(17)24)8-5-7-15-10-12-20(27-15)21(25)26/h9-12,14,16-19,23-24H,2-8,13H2,1H3,(H,25,26)/b11-9+/t14?,16-,17-,18-,19-/m1/s1. The Balaban J connectivity index is 1.85. The van der Waals surface area contributed by atoms with Gasteiger partial charge in [0.05, 0.1) is 12.2 Å². The largest absolute Gasteiger partial charge is 0.477 e. The number of halogens is 1. The van der Waals surface area contributed by atoms with Crippen molar-refractivity contribution in [1.29, 1.82) is 0 Å². The molecule has 6 heteroatoms. The van der Waals surface area contributed by atoms with Gasteiger partial charge < -0.3 is 15.3 Å². The molecule has 3 N–H and O–H groups in total. The van der Waals surface area contributed by atoms with E-state index in [4.69, 9.17) is 16.7 Å². The van der Waals surface area contributed by atoms with Gasteiger partial charge in [-0.1, -0.05) is 38.3 Å². The number of alkyl halides is 1. The van der Waals surface area contributed by atoms with Crippen LogP contribution in [0.4, 0.5) is 0 Å². The predicted molar refractivity (Wildman–Crippen MR) is 111 cm³/mol. The summed E-state index contributed by atoms with van der Waals surface area (Å²) in [6, 6.07) is 3.53. The Morgan fingerprint density at radius 1 is 1.37 bits per heavy atom. The molecule has 0 aliphatic heterocycles. The zero-order chi connectivity index (χ0) is 19.8. The molecule has 1 aromatic rings. The van der Waals surface area contributed by atoms with Crippen molar-refractivity contribution < 1.29 is 20.1 Å². The monoisotopic (exact) mass is 414 g/mol. The van der Waals surface area contributed by atoms with Crippen LogP contribution in [0.1, 0.15) is 66.4 Å². The fourth-order valence-corrected chi connectivity index (χ4v) is 5.19. The molecule has 1 unspecified atom stereocenters. The molecular formula is C21H31ClO4S. The molecule has 1 saturated carbocycles. The van der Waals surface area contributed by atoms with Crippen LogP contribution in [0.25, 0.3) is 0 Å². The second-order valence-corrected chi connectivity index (χ2v) is 9.20. The number of unbranched alkanes of at least 4 members (excludes halogenated alkanes) is 2. The highest BCUT2D eigenvalue weighted by atomic mass is 35.5. The number of thiophene rings is 1. The average Bonchev–Trinajstić information content (AvgIpc) is 3.19. The summed E-state index contributed by atoms with van der Waals surface area (Å²) in [7, 11) is 0. The average molecular weight is 415 g/mol. The summed E-state index contributed by atoms with van der Waals surface area (Å²) in [5.41, 5.74) is 0. The fourth-order valence-electron chi connectivity index (χ4n) is 3.83. The van der Waals surface area contributed by atoms with E-state index in [1.165, 1.54) is 11.3 Å². The smallest absolute Gasteiger partial charge is 0.345 e. The molecule has 0 spiro atoms. The maximum atomic E-state index is 11.0. The van der Waals surface area contributed by atoms with Crippen LogP contribution in [0.3, 0.4) is 0 Å². The minimum atomic E-state index is -0.881. The van der Waals surface area contributed by atoms with Crippen molar-refractivity contribution >= 4 is 28.9 Å². The lowest BCUT2D eigenvalue weighted by atomic mass is 9.89. The van der Waals surface area contributed by atoms with Gasteiger partial charge in [0.2, 0.25) is 0 Å². The lowest BCUT2D eigenvalue weighted by Crippen LogP contribution is -2.19. The molecule has 1 aromatic heterocycles. The number of hydrogen-bond acceptors (Lipinski definition) is 4. The predicted octanol–water partition coefficient (Wildman–Crippen LogP) is 4.87. The summed E-state index contributed by atoms with van der Waals surface area (Å²) in [4.78, 5) is 12.4. The van der Waals surface area contributed by atoms with E-state index >= 15 is 0 Å². The Bertz CT molecular complexity index is 615. The molecule has 1 heterocycles. The number of aryl methyl sites for hydroxylation is 1. The highest BCUT2D eigenvalue weighted by Gasteiger charge is 2.39. The molecule has 5 atom stereocenters. The molecule has 0 amide bonds.